The van der Waals surface area contributed by atoms with Crippen LogP contribution < -0.4 is 5.84 Å². The third-order valence-corrected chi connectivity index (χ3v) is 2.71. The molecule has 0 aliphatic rings. The van der Waals surface area contributed by atoms with Gasteiger partial charge in [0.2, 0.25) is 4.77 Å². The molecule has 0 atom stereocenters. The first-order valence-electron chi connectivity index (χ1n) is 4.66. The zero-order valence-corrected chi connectivity index (χ0v) is 8.99. The second-order valence-corrected chi connectivity index (χ2v) is 3.75. The minimum atomic E-state index is 0.375. The molecule has 80 valence electrons. The van der Waals surface area contributed by atoms with E-state index in [1.54, 1.807) is 6.26 Å². The van der Waals surface area contributed by atoms with Crippen molar-refractivity contribution in [3.8, 4) is 11.4 Å². The quantitative estimate of drug-likeness (QED) is 0.497. The average Bonchev–Trinajstić information content (AvgIpc) is 2.85. The maximum absolute atomic E-state index is 5.76. The number of benzene rings is 1. The topological polar surface area (TPSA) is 72.8 Å². The number of hydrogen-bond acceptors (Lipinski definition) is 4. The second-order valence-electron chi connectivity index (χ2n) is 3.37. The van der Waals surface area contributed by atoms with Crippen LogP contribution in [0.25, 0.3) is 22.4 Å². The lowest BCUT2D eigenvalue weighted by atomic mass is 10.2. The third kappa shape index (κ3) is 1.17. The summed E-state index contributed by atoms with van der Waals surface area (Å²) >= 11 is 4.96. The summed E-state index contributed by atoms with van der Waals surface area (Å²) in [4.78, 5) is 0. The number of fused-ring (bicyclic) bond motifs is 1. The van der Waals surface area contributed by atoms with Gasteiger partial charge in [0.25, 0.3) is 0 Å². The van der Waals surface area contributed by atoms with Crippen LogP contribution in [0.5, 0.6) is 0 Å². The molecule has 0 fully saturated rings. The van der Waals surface area contributed by atoms with Gasteiger partial charge in [0.1, 0.15) is 11.8 Å². The molecule has 3 N–H and O–H groups in total. The molecule has 0 bridgehead atoms. The number of furan rings is 1. The van der Waals surface area contributed by atoms with E-state index in [1.807, 2.05) is 24.3 Å². The Morgan fingerprint density at radius 3 is 2.94 bits per heavy atom. The number of aromatic amines is 1. The Morgan fingerprint density at radius 2 is 2.19 bits per heavy atom. The first kappa shape index (κ1) is 9.17. The van der Waals surface area contributed by atoms with E-state index in [9.17, 15) is 0 Å². The predicted octanol–water partition coefficient (Wildman–Crippen LogP) is 2.07. The van der Waals surface area contributed by atoms with Crippen molar-refractivity contribution in [2.24, 2.45) is 0 Å². The first-order chi connectivity index (χ1) is 7.77. The number of nitrogens with zero attached hydrogens (tertiary/aromatic N) is 2. The zero-order valence-electron chi connectivity index (χ0n) is 8.18. The van der Waals surface area contributed by atoms with Gasteiger partial charge in [0, 0.05) is 5.39 Å². The van der Waals surface area contributed by atoms with E-state index in [0.717, 1.165) is 16.5 Å². The van der Waals surface area contributed by atoms with Gasteiger partial charge in [-0.1, -0.05) is 18.2 Å². The third-order valence-electron chi connectivity index (χ3n) is 2.43. The highest BCUT2D eigenvalue weighted by atomic mass is 32.1. The van der Waals surface area contributed by atoms with Gasteiger partial charge in [-0.05, 0) is 18.3 Å². The summed E-state index contributed by atoms with van der Waals surface area (Å²) in [5, 5.41) is 7.67. The lowest BCUT2D eigenvalue weighted by Crippen LogP contribution is -2.09. The first-order valence-corrected chi connectivity index (χ1v) is 5.07. The maximum atomic E-state index is 5.76. The van der Waals surface area contributed by atoms with E-state index in [1.165, 1.54) is 4.68 Å². The number of rotatable bonds is 1. The Morgan fingerprint density at radius 1 is 1.38 bits per heavy atom. The highest BCUT2D eigenvalue weighted by molar-refractivity contribution is 7.71. The second kappa shape index (κ2) is 3.21. The number of H-pyrrole nitrogens is 1. The Bertz CT molecular complexity index is 709. The SMILES string of the molecule is Nn1c(-c2coc3ccccc23)n[nH]c1=S. The molecule has 0 unspecified atom stereocenters. The molecule has 0 aliphatic carbocycles. The number of aromatic nitrogens is 3. The fourth-order valence-electron chi connectivity index (χ4n) is 1.65. The molecule has 0 amide bonds. The molecule has 2 heterocycles. The number of nitrogens with one attached hydrogen (secondary N) is 1. The van der Waals surface area contributed by atoms with E-state index in [4.69, 9.17) is 22.5 Å². The van der Waals surface area contributed by atoms with Crippen molar-refractivity contribution in [1.82, 2.24) is 14.9 Å². The highest BCUT2D eigenvalue weighted by Gasteiger charge is 2.12. The summed E-state index contributed by atoms with van der Waals surface area (Å²) in [6.45, 7) is 0. The van der Waals surface area contributed by atoms with E-state index in [0.29, 0.717) is 10.6 Å². The Hall–Kier alpha value is -2.08. The van der Waals surface area contributed by atoms with Crippen LogP contribution >= 0.6 is 12.2 Å². The van der Waals surface area contributed by atoms with Gasteiger partial charge in [-0.25, -0.2) is 9.77 Å². The van der Waals surface area contributed by atoms with Crippen LogP contribution in [0.4, 0.5) is 0 Å². The zero-order chi connectivity index (χ0) is 11.1. The van der Waals surface area contributed by atoms with Crippen LogP contribution in [0, 0.1) is 4.77 Å². The van der Waals surface area contributed by atoms with Crippen molar-refractivity contribution in [1.29, 1.82) is 0 Å². The van der Waals surface area contributed by atoms with Crippen LogP contribution in [-0.4, -0.2) is 14.9 Å². The average molecular weight is 232 g/mol. The van der Waals surface area contributed by atoms with Crippen molar-refractivity contribution >= 4 is 23.2 Å². The van der Waals surface area contributed by atoms with Crippen molar-refractivity contribution in [3.63, 3.8) is 0 Å². The summed E-state index contributed by atoms with van der Waals surface area (Å²) in [5.74, 6) is 6.33. The number of nitrogen functional groups attached to an aromatic ring is 1. The lowest BCUT2D eigenvalue weighted by molar-refractivity contribution is 0.616. The van der Waals surface area contributed by atoms with Gasteiger partial charge in [-0.3, -0.25) is 0 Å². The normalized spacial score (nSPS) is 11.0. The molecule has 6 heteroatoms. The lowest BCUT2D eigenvalue weighted by Gasteiger charge is -1.96. The Kier molecular flexibility index (Phi) is 1.84. The molecule has 3 rings (SSSR count). The van der Waals surface area contributed by atoms with Crippen LogP contribution in [0.1, 0.15) is 0 Å². The Labute approximate surface area is 95.5 Å². The molecule has 3 aromatic rings. The molecule has 0 spiro atoms. The van der Waals surface area contributed by atoms with Crippen LogP contribution in [0.2, 0.25) is 0 Å². The molecular formula is C10H8N4OS. The van der Waals surface area contributed by atoms with E-state index in [-0.39, 0.29) is 0 Å². The Balaban J connectivity index is 2.34. The van der Waals surface area contributed by atoms with Crippen LogP contribution in [-0.2, 0) is 0 Å². The smallest absolute Gasteiger partial charge is 0.214 e. The molecule has 1 aromatic carbocycles. The largest absolute Gasteiger partial charge is 0.464 e. The summed E-state index contributed by atoms with van der Waals surface area (Å²) in [7, 11) is 0. The predicted molar refractivity (Wildman–Crippen MR) is 62.8 cm³/mol. The van der Waals surface area contributed by atoms with Gasteiger partial charge in [-0.2, -0.15) is 5.10 Å². The molecule has 0 saturated heterocycles. The van der Waals surface area contributed by atoms with Gasteiger partial charge in [-0.15, -0.1) is 0 Å². The molecule has 0 saturated carbocycles. The fraction of sp³-hybridized carbons (Fsp3) is 0. The minimum Gasteiger partial charge on any atom is -0.464 e. The van der Waals surface area contributed by atoms with Gasteiger partial charge >= 0.3 is 0 Å². The van der Waals surface area contributed by atoms with Gasteiger partial charge in [0.15, 0.2) is 5.82 Å². The minimum absolute atomic E-state index is 0.375. The number of nitrogens with two attached hydrogens (primary N) is 1. The van der Waals surface area contributed by atoms with E-state index >= 15 is 0 Å². The summed E-state index contributed by atoms with van der Waals surface area (Å²) in [5.41, 5.74) is 1.62. The molecule has 0 radical (unpaired) electrons. The standard InChI is InChI=1S/C10H8N4OS/c11-14-9(12-13-10(14)16)7-5-15-8-4-2-1-3-6(7)8/h1-5H,11H2,(H,13,16). The van der Waals surface area contributed by atoms with E-state index in [2.05, 4.69) is 10.2 Å². The van der Waals surface area contributed by atoms with Crippen molar-refractivity contribution in [3.05, 3.63) is 35.3 Å². The van der Waals surface area contributed by atoms with Crippen molar-refractivity contribution in [2.75, 3.05) is 5.84 Å². The van der Waals surface area contributed by atoms with Crippen molar-refractivity contribution in [2.45, 2.75) is 0 Å². The molecule has 5 nitrogen and oxygen atoms in total. The van der Waals surface area contributed by atoms with Crippen LogP contribution in [0.15, 0.2) is 34.9 Å². The van der Waals surface area contributed by atoms with Gasteiger partial charge in [0.05, 0.1) is 5.56 Å². The molecule has 2 aromatic heterocycles. The van der Waals surface area contributed by atoms with Gasteiger partial charge < -0.3 is 10.3 Å². The number of hydrogen-bond donors (Lipinski definition) is 2. The highest BCUT2D eigenvalue weighted by Crippen LogP contribution is 2.28. The van der Waals surface area contributed by atoms with E-state index < -0.39 is 0 Å². The fourth-order valence-corrected chi connectivity index (χ4v) is 1.78. The number of para-hydroxylation sites is 1. The summed E-state index contributed by atoms with van der Waals surface area (Å²) in [6, 6.07) is 7.69. The maximum Gasteiger partial charge on any atom is 0.214 e. The monoisotopic (exact) mass is 232 g/mol. The summed E-state index contributed by atoms with van der Waals surface area (Å²) < 4.78 is 7.11. The molecular weight excluding hydrogens is 224 g/mol. The molecule has 16 heavy (non-hydrogen) atoms. The molecule has 0 aliphatic heterocycles. The van der Waals surface area contributed by atoms with Crippen LogP contribution in [0.3, 0.4) is 0 Å². The van der Waals surface area contributed by atoms with Crippen molar-refractivity contribution < 1.29 is 4.42 Å². The summed E-state index contributed by atoms with van der Waals surface area (Å²) in [6.07, 6.45) is 1.62.